The Balaban J connectivity index is 2.18. The van der Waals surface area contributed by atoms with E-state index in [1.54, 1.807) is 6.07 Å². The molecular formula is C14H16FN5O. The number of benzene rings is 1. The summed E-state index contributed by atoms with van der Waals surface area (Å²) < 4.78 is 19.2. The van der Waals surface area contributed by atoms with Crippen molar-refractivity contribution in [2.45, 2.75) is 31.8 Å². The van der Waals surface area contributed by atoms with E-state index in [1.807, 2.05) is 0 Å². The zero-order valence-electron chi connectivity index (χ0n) is 11.4. The monoisotopic (exact) mass is 289 g/mol. The number of rotatable bonds is 5. The fraction of sp³-hybridized carbons (Fsp3) is 0.357. The van der Waals surface area contributed by atoms with E-state index < -0.39 is 11.7 Å². The van der Waals surface area contributed by atoms with Crippen molar-refractivity contribution in [2.24, 2.45) is 10.8 Å². The molecule has 1 aliphatic rings. The van der Waals surface area contributed by atoms with Crippen molar-refractivity contribution in [1.82, 2.24) is 0 Å². The largest absolute Gasteiger partial charge is 0.488 e. The quantitative estimate of drug-likeness (QED) is 0.439. The van der Waals surface area contributed by atoms with E-state index in [0.717, 1.165) is 25.7 Å². The maximum Gasteiger partial charge on any atom is 0.201 e. The molecule has 21 heavy (non-hydrogen) atoms. The van der Waals surface area contributed by atoms with E-state index in [4.69, 9.17) is 21.1 Å². The third-order valence-corrected chi connectivity index (χ3v) is 3.19. The van der Waals surface area contributed by atoms with E-state index in [-0.39, 0.29) is 11.8 Å². The maximum atomic E-state index is 13.3. The van der Waals surface area contributed by atoms with E-state index in [1.165, 1.54) is 18.2 Å². The van der Waals surface area contributed by atoms with Crippen LogP contribution in [0.15, 0.2) is 23.3 Å². The summed E-state index contributed by atoms with van der Waals surface area (Å²) in [4.78, 5) is 0. The van der Waals surface area contributed by atoms with Crippen LogP contribution >= 0.6 is 0 Å². The lowest BCUT2D eigenvalue weighted by atomic mass is 10.2. The number of halogens is 1. The molecule has 0 saturated heterocycles. The van der Waals surface area contributed by atoms with Crippen molar-refractivity contribution < 1.29 is 9.13 Å². The van der Waals surface area contributed by atoms with Crippen molar-refractivity contribution in [3.63, 3.8) is 0 Å². The summed E-state index contributed by atoms with van der Waals surface area (Å²) in [5.41, 5.74) is 7.77. The average molecular weight is 289 g/mol. The minimum absolute atomic E-state index is 0.114. The number of nitriles is 1. The van der Waals surface area contributed by atoms with Crippen LogP contribution in [0.3, 0.4) is 0 Å². The topological polar surface area (TPSA) is 107 Å². The number of hydrazone groups is 1. The molecule has 0 bridgehead atoms. The zero-order valence-corrected chi connectivity index (χ0v) is 11.4. The van der Waals surface area contributed by atoms with Gasteiger partial charge in [0.1, 0.15) is 23.3 Å². The molecule has 0 radical (unpaired) electrons. The van der Waals surface area contributed by atoms with Crippen LogP contribution in [0.2, 0.25) is 0 Å². The highest BCUT2D eigenvalue weighted by Gasteiger charge is 2.18. The molecule has 1 fully saturated rings. The van der Waals surface area contributed by atoms with Gasteiger partial charge in [0.25, 0.3) is 0 Å². The van der Waals surface area contributed by atoms with Gasteiger partial charge in [-0.3, -0.25) is 10.8 Å². The molecule has 1 aliphatic carbocycles. The van der Waals surface area contributed by atoms with Gasteiger partial charge in [-0.1, -0.05) is 0 Å². The first-order chi connectivity index (χ1) is 10.1. The van der Waals surface area contributed by atoms with Crippen molar-refractivity contribution in [3.8, 4) is 11.8 Å². The second kappa shape index (κ2) is 6.70. The number of hydrogen-bond donors (Lipinski definition) is 3. The van der Waals surface area contributed by atoms with Gasteiger partial charge in [0.05, 0.1) is 6.10 Å². The summed E-state index contributed by atoms with van der Waals surface area (Å²) in [6.07, 6.45) is 4.29. The minimum atomic E-state index is -0.459. The molecule has 0 spiro atoms. The smallest absolute Gasteiger partial charge is 0.201 e. The fourth-order valence-electron chi connectivity index (χ4n) is 2.14. The molecule has 0 amide bonds. The molecule has 1 saturated carbocycles. The number of ether oxygens (including phenoxy) is 1. The molecule has 2 rings (SSSR count). The highest BCUT2D eigenvalue weighted by atomic mass is 19.1. The van der Waals surface area contributed by atoms with Gasteiger partial charge in [-0.15, -0.1) is 0 Å². The maximum absolute atomic E-state index is 13.3. The standard InChI is InChI=1S/C14H16FN5O/c15-9-5-6-13(21-10-3-1-2-4-10)11(7-9)19-20-12(8-16)14(17)18/h5-7,10,19H,1-4H2,(H3,17,18)/b20-12+. The van der Waals surface area contributed by atoms with Gasteiger partial charge in [0, 0.05) is 6.07 Å². The molecule has 1 aromatic rings. The normalized spacial score (nSPS) is 15.5. The third kappa shape index (κ3) is 3.92. The first-order valence-corrected chi connectivity index (χ1v) is 6.64. The molecule has 0 heterocycles. The summed E-state index contributed by atoms with van der Waals surface area (Å²) >= 11 is 0. The SMILES string of the molecule is N#C/C(=N\Nc1cc(F)ccc1OC1CCCC1)C(=N)N. The number of hydrogen-bond acceptors (Lipinski definition) is 5. The second-order valence-electron chi connectivity index (χ2n) is 4.76. The van der Waals surface area contributed by atoms with Crippen molar-refractivity contribution >= 4 is 17.2 Å². The van der Waals surface area contributed by atoms with Crippen LogP contribution in [0.1, 0.15) is 25.7 Å². The first kappa shape index (κ1) is 14.8. The summed E-state index contributed by atoms with van der Waals surface area (Å²) in [5.74, 6) is -0.444. The van der Waals surface area contributed by atoms with E-state index >= 15 is 0 Å². The van der Waals surface area contributed by atoms with Crippen molar-refractivity contribution in [1.29, 1.82) is 10.7 Å². The number of anilines is 1. The van der Waals surface area contributed by atoms with Crippen LogP contribution in [0.25, 0.3) is 0 Å². The first-order valence-electron chi connectivity index (χ1n) is 6.64. The molecule has 0 aliphatic heterocycles. The Labute approximate surface area is 121 Å². The average Bonchev–Trinajstić information content (AvgIpc) is 2.95. The number of nitrogens with two attached hydrogens (primary N) is 1. The predicted molar refractivity (Wildman–Crippen MR) is 77.9 cm³/mol. The molecule has 4 N–H and O–H groups in total. The molecular weight excluding hydrogens is 273 g/mol. The molecule has 7 heteroatoms. The van der Waals surface area contributed by atoms with Crippen molar-refractivity contribution in [2.75, 3.05) is 5.43 Å². The Morgan fingerprint density at radius 1 is 1.48 bits per heavy atom. The van der Waals surface area contributed by atoms with Gasteiger partial charge in [0.15, 0.2) is 5.84 Å². The van der Waals surface area contributed by atoms with Crippen LogP contribution in [-0.4, -0.2) is 17.7 Å². The molecule has 0 atom stereocenters. The Bertz CT molecular complexity index is 602. The number of amidine groups is 1. The van der Waals surface area contributed by atoms with Gasteiger partial charge >= 0.3 is 0 Å². The Morgan fingerprint density at radius 3 is 2.81 bits per heavy atom. The molecule has 6 nitrogen and oxygen atoms in total. The van der Waals surface area contributed by atoms with Gasteiger partial charge < -0.3 is 10.5 Å². The van der Waals surface area contributed by atoms with E-state index in [0.29, 0.717) is 11.4 Å². The minimum Gasteiger partial charge on any atom is -0.488 e. The third-order valence-electron chi connectivity index (χ3n) is 3.19. The zero-order chi connectivity index (χ0) is 15.2. The van der Waals surface area contributed by atoms with Gasteiger partial charge in [0.2, 0.25) is 5.71 Å². The van der Waals surface area contributed by atoms with Crippen molar-refractivity contribution in [3.05, 3.63) is 24.0 Å². The molecule has 1 aromatic carbocycles. The Kier molecular flexibility index (Phi) is 4.72. The second-order valence-corrected chi connectivity index (χ2v) is 4.76. The highest BCUT2D eigenvalue weighted by molar-refractivity contribution is 6.45. The van der Waals surface area contributed by atoms with Gasteiger partial charge in [-0.2, -0.15) is 10.4 Å². The van der Waals surface area contributed by atoms with Gasteiger partial charge in [-0.25, -0.2) is 4.39 Å². The predicted octanol–water partition coefficient (Wildman–Crippen LogP) is 2.37. The van der Waals surface area contributed by atoms with Crippen LogP contribution in [0, 0.1) is 22.6 Å². The number of nitrogens with zero attached hydrogens (tertiary/aromatic N) is 2. The summed E-state index contributed by atoms with van der Waals surface area (Å²) in [6, 6.07) is 5.73. The fourth-order valence-corrected chi connectivity index (χ4v) is 2.14. The summed E-state index contributed by atoms with van der Waals surface area (Å²) in [7, 11) is 0. The lowest BCUT2D eigenvalue weighted by Crippen LogP contribution is -2.22. The van der Waals surface area contributed by atoms with Crippen LogP contribution in [-0.2, 0) is 0 Å². The summed E-state index contributed by atoms with van der Waals surface area (Å²) in [6.45, 7) is 0. The van der Waals surface area contributed by atoms with Gasteiger partial charge in [-0.05, 0) is 37.8 Å². The van der Waals surface area contributed by atoms with Crippen LogP contribution < -0.4 is 15.9 Å². The highest BCUT2D eigenvalue weighted by Crippen LogP contribution is 2.30. The Hall–Kier alpha value is -2.62. The lowest BCUT2D eigenvalue weighted by molar-refractivity contribution is 0.211. The van der Waals surface area contributed by atoms with E-state index in [9.17, 15) is 4.39 Å². The van der Waals surface area contributed by atoms with Crippen LogP contribution in [0.5, 0.6) is 5.75 Å². The lowest BCUT2D eigenvalue weighted by Gasteiger charge is -2.16. The molecule has 0 aromatic heterocycles. The van der Waals surface area contributed by atoms with Crippen LogP contribution in [0.4, 0.5) is 10.1 Å². The molecule has 110 valence electrons. The number of nitrogens with one attached hydrogen (secondary N) is 2. The Morgan fingerprint density at radius 2 is 2.19 bits per heavy atom. The summed E-state index contributed by atoms with van der Waals surface area (Å²) in [5, 5.41) is 19.7. The van der Waals surface area contributed by atoms with E-state index in [2.05, 4.69) is 10.5 Å². The molecule has 0 unspecified atom stereocenters.